The lowest BCUT2D eigenvalue weighted by Gasteiger charge is -2.35. The van der Waals surface area contributed by atoms with E-state index in [9.17, 15) is 0 Å². The molecule has 0 aromatic carbocycles. The summed E-state index contributed by atoms with van der Waals surface area (Å²) >= 11 is 0. The molecule has 5 rings (SSSR count). The molecule has 3 aliphatic carbocycles. The minimum absolute atomic E-state index is 0.593. The standard InChI is InChI=1S/C19H30O2/c1-11-2-4-12(5-3-11)6-7-14-10-13-8-9-15-18(20-15)16(13)19-17(14)21-19/h11-19H,2-10H2,1H3. The van der Waals surface area contributed by atoms with Crippen LogP contribution in [-0.2, 0) is 9.47 Å². The van der Waals surface area contributed by atoms with E-state index in [0.717, 1.165) is 29.6 Å². The third-order valence-electron chi connectivity index (χ3n) is 7.46. The second-order valence-electron chi connectivity index (χ2n) is 8.82. The first kappa shape index (κ1) is 13.4. The second kappa shape index (κ2) is 4.96. The molecule has 3 saturated carbocycles. The highest BCUT2D eigenvalue weighted by Crippen LogP contribution is 2.58. The van der Waals surface area contributed by atoms with Gasteiger partial charge in [-0.25, -0.2) is 0 Å². The average Bonchev–Trinajstić information content (AvgIpc) is 3.37. The van der Waals surface area contributed by atoms with Crippen molar-refractivity contribution in [2.75, 3.05) is 0 Å². The number of epoxide rings is 2. The van der Waals surface area contributed by atoms with Crippen LogP contribution in [0.5, 0.6) is 0 Å². The molecule has 0 aromatic heterocycles. The highest BCUT2D eigenvalue weighted by atomic mass is 16.6. The molecule has 7 atom stereocenters. The predicted octanol–water partition coefficient (Wildman–Crippen LogP) is 4.17. The van der Waals surface area contributed by atoms with Gasteiger partial charge < -0.3 is 9.47 Å². The number of fused-ring (bicyclic) bond motifs is 5. The number of ether oxygens (including phenoxy) is 2. The van der Waals surface area contributed by atoms with Crippen LogP contribution < -0.4 is 0 Å². The fourth-order valence-electron chi connectivity index (χ4n) is 5.99. The molecular formula is C19H30O2. The summed E-state index contributed by atoms with van der Waals surface area (Å²) in [6, 6.07) is 0. The van der Waals surface area contributed by atoms with Gasteiger partial charge in [-0.3, -0.25) is 0 Å². The molecule has 7 unspecified atom stereocenters. The topological polar surface area (TPSA) is 25.1 Å². The number of rotatable bonds is 3. The Bertz CT molecular complexity index is 400. The third kappa shape index (κ3) is 2.37. The quantitative estimate of drug-likeness (QED) is 0.729. The van der Waals surface area contributed by atoms with Crippen molar-refractivity contribution in [3.63, 3.8) is 0 Å². The summed E-state index contributed by atoms with van der Waals surface area (Å²) in [5.74, 6) is 4.60. The maximum Gasteiger partial charge on any atom is 0.0901 e. The Morgan fingerprint density at radius 3 is 2.52 bits per heavy atom. The van der Waals surface area contributed by atoms with E-state index in [4.69, 9.17) is 9.47 Å². The first-order valence-corrected chi connectivity index (χ1v) is 9.60. The lowest BCUT2D eigenvalue weighted by Crippen LogP contribution is -2.38. The van der Waals surface area contributed by atoms with E-state index in [1.54, 1.807) is 0 Å². The van der Waals surface area contributed by atoms with Gasteiger partial charge in [0, 0.05) is 5.92 Å². The zero-order valence-corrected chi connectivity index (χ0v) is 13.4. The number of hydrogen-bond donors (Lipinski definition) is 0. The lowest BCUT2D eigenvalue weighted by atomic mass is 9.66. The molecule has 0 radical (unpaired) electrons. The Hall–Kier alpha value is -0.0800. The van der Waals surface area contributed by atoms with E-state index in [0.29, 0.717) is 24.4 Å². The van der Waals surface area contributed by atoms with Gasteiger partial charge in [-0.15, -0.1) is 0 Å². The first-order chi connectivity index (χ1) is 10.3. The Morgan fingerprint density at radius 1 is 0.810 bits per heavy atom. The van der Waals surface area contributed by atoms with Crippen molar-refractivity contribution in [2.24, 2.45) is 29.6 Å². The van der Waals surface area contributed by atoms with Crippen molar-refractivity contribution in [3.8, 4) is 0 Å². The fourth-order valence-corrected chi connectivity index (χ4v) is 5.99. The van der Waals surface area contributed by atoms with Gasteiger partial charge in [-0.1, -0.05) is 39.0 Å². The summed E-state index contributed by atoms with van der Waals surface area (Å²) in [7, 11) is 0. The average molecular weight is 290 g/mol. The smallest absolute Gasteiger partial charge is 0.0901 e. The molecule has 21 heavy (non-hydrogen) atoms. The molecule has 118 valence electrons. The molecule has 0 spiro atoms. The van der Waals surface area contributed by atoms with E-state index in [2.05, 4.69) is 6.92 Å². The van der Waals surface area contributed by atoms with Gasteiger partial charge in [0.2, 0.25) is 0 Å². The predicted molar refractivity (Wildman–Crippen MR) is 82.0 cm³/mol. The van der Waals surface area contributed by atoms with Crippen molar-refractivity contribution in [2.45, 2.75) is 89.1 Å². The summed E-state index contributed by atoms with van der Waals surface area (Å²) in [6.07, 6.45) is 15.5. The van der Waals surface area contributed by atoms with Gasteiger partial charge in [0.15, 0.2) is 0 Å². The zero-order valence-electron chi connectivity index (χ0n) is 13.4. The van der Waals surface area contributed by atoms with Gasteiger partial charge in [0.1, 0.15) is 0 Å². The van der Waals surface area contributed by atoms with E-state index in [1.807, 2.05) is 0 Å². The molecule has 2 heterocycles. The summed E-state index contributed by atoms with van der Waals surface area (Å²) in [4.78, 5) is 0. The van der Waals surface area contributed by atoms with Gasteiger partial charge >= 0.3 is 0 Å². The van der Waals surface area contributed by atoms with Crippen LogP contribution in [0, 0.1) is 29.6 Å². The molecule has 5 aliphatic rings. The highest BCUT2D eigenvalue weighted by Gasteiger charge is 2.64. The van der Waals surface area contributed by atoms with Crippen LogP contribution in [0.4, 0.5) is 0 Å². The van der Waals surface area contributed by atoms with E-state index in [-0.39, 0.29) is 0 Å². The fraction of sp³-hybridized carbons (Fsp3) is 1.00. The van der Waals surface area contributed by atoms with Crippen molar-refractivity contribution in [1.29, 1.82) is 0 Å². The normalized spacial score (nSPS) is 57.9. The summed E-state index contributed by atoms with van der Waals surface area (Å²) in [6.45, 7) is 2.43. The van der Waals surface area contributed by atoms with E-state index in [1.165, 1.54) is 57.8 Å². The van der Waals surface area contributed by atoms with E-state index >= 15 is 0 Å². The minimum Gasteiger partial charge on any atom is -0.369 e. The van der Waals surface area contributed by atoms with Crippen LogP contribution >= 0.6 is 0 Å². The maximum atomic E-state index is 6.13. The van der Waals surface area contributed by atoms with Crippen LogP contribution in [0.1, 0.15) is 64.7 Å². The monoisotopic (exact) mass is 290 g/mol. The Morgan fingerprint density at radius 2 is 1.67 bits per heavy atom. The Labute approximate surface area is 129 Å². The molecule has 2 nitrogen and oxygen atoms in total. The van der Waals surface area contributed by atoms with Crippen molar-refractivity contribution in [1.82, 2.24) is 0 Å². The van der Waals surface area contributed by atoms with Crippen LogP contribution in [0.15, 0.2) is 0 Å². The molecule has 0 bridgehead atoms. The SMILES string of the molecule is CC1CCC(CCC2CC3CCC4OC4C3C3OC23)CC1. The van der Waals surface area contributed by atoms with Crippen LogP contribution in [0.3, 0.4) is 0 Å². The third-order valence-corrected chi connectivity index (χ3v) is 7.46. The minimum atomic E-state index is 0.593. The zero-order chi connectivity index (χ0) is 14.0. The molecule has 0 amide bonds. The molecule has 0 N–H and O–H groups in total. The summed E-state index contributed by atoms with van der Waals surface area (Å²) in [5, 5.41) is 0. The van der Waals surface area contributed by atoms with E-state index < -0.39 is 0 Å². The molecule has 2 heteroatoms. The maximum absolute atomic E-state index is 6.13. The summed E-state index contributed by atoms with van der Waals surface area (Å²) in [5.41, 5.74) is 0. The van der Waals surface area contributed by atoms with Crippen molar-refractivity contribution < 1.29 is 9.47 Å². The molecule has 2 aliphatic heterocycles. The van der Waals surface area contributed by atoms with Crippen LogP contribution in [0.2, 0.25) is 0 Å². The van der Waals surface area contributed by atoms with Crippen LogP contribution in [-0.4, -0.2) is 24.4 Å². The van der Waals surface area contributed by atoms with Crippen LogP contribution in [0.25, 0.3) is 0 Å². The molecule has 0 aromatic rings. The highest BCUT2D eigenvalue weighted by molar-refractivity contribution is 5.11. The van der Waals surface area contributed by atoms with Gasteiger partial charge in [0.05, 0.1) is 24.4 Å². The Balaban J connectivity index is 1.16. The van der Waals surface area contributed by atoms with Gasteiger partial charge in [-0.2, -0.15) is 0 Å². The van der Waals surface area contributed by atoms with Crippen molar-refractivity contribution >= 4 is 0 Å². The summed E-state index contributed by atoms with van der Waals surface area (Å²) < 4.78 is 12.0. The van der Waals surface area contributed by atoms with Gasteiger partial charge in [0.25, 0.3) is 0 Å². The second-order valence-corrected chi connectivity index (χ2v) is 8.82. The molecular weight excluding hydrogens is 260 g/mol. The largest absolute Gasteiger partial charge is 0.369 e. The molecule has 2 saturated heterocycles. The van der Waals surface area contributed by atoms with Crippen molar-refractivity contribution in [3.05, 3.63) is 0 Å². The Kier molecular flexibility index (Phi) is 3.16. The lowest BCUT2D eigenvalue weighted by molar-refractivity contribution is 0.151. The molecule has 5 fully saturated rings. The first-order valence-electron chi connectivity index (χ1n) is 9.60. The number of hydrogen-bond acceptors (Lipinski definition) is 2. The van der Waals surface area contributed by atoms with Gasteiger partial charge in [-0.05, 0) is 49.4 Å².